The van der Waals surface area contributed by atoms with Gasteiger partial charge >= 0.3 is 0 Å². The molecule has 1 aliphatic heterocycles. The SMILES string of the molecule is C=CS(=O)(=O)N1CCN(c2cccc(-c3cc(OC)c4c(NS(=O)(=O)c5c(OC)cccc5OC)noc4c3)c2)CC1. The fourth-order valence-electron chi connectivity index (χ4n) is 4.88. The zero-order valence-electron chi connectivity index (χ0n) is 23.2. The predicted molar refractivity (Wildman–Crippen MR) is 159 cm³/mol. The normalized spacial score (nSPS) is 14.5. The summed E-state index contributed by atoms with van der Waals surface area (Å²) in [5.74, 6) is 0.504. The smallest absolute Gasteiger partial charge is 0.270 e. The molecule has 1 N–H and O–H groups in total. The van der Waals surface area contributed by atoms with Gasteiger partial charge in [-0.3, -0.25) is 4.72 Å². The first-order chi connectivity index (χ1) is 20.1. The number of sulfonamides is 2. The third kappa shape index (κ3) is 5.47. The lowest BCUT2D eigenvalue weighted by molar-refractivity contribution is 0.373. The van der Waals surface area contributed by atoms with E-state index < -0.39 is 20.0 Å². The third-order valence-electron chi connectivity index (χ3n) is 6.99. The molecule has 5 rings (SSSR count). The fraction of sp³-hybridized carbons (Fsp3) is 0.250. The van der Waals surface area contributed by atoms with Crippen LogP contribution in [0.3, 0.4) is 0 Å². The molecule has 2 heterocycles. The maximum absolute atomic E-state index is 13.4. The summed E-state index contributed by atoms with van der Waals surface area (Å²) in [5, 5.41) is 5.31. The first-order valence-corrected chi connectivity index (χ1v) is 15.8. The van der Waals surface area contributed by atoms with Crippen LogP contribution in [0.2, 0.25) is 0 Å². The lowest BCUT2D eigenvalue weighted by Gasteiger charge is -2.35. The molecule has 1 fully saturated rings. The lowest BCUT2D eigenvalue weighted by atomic mass is 10.0. The van der Waals surface area contributed by atoms with Crippen LogP contribution in [0.25, 0.3) is 22.1 Å². The van der Waals surface area contributed by atoms with E-state index in [9.17, 15) is 16.8 Å². The number of aromatic nitrogens is 1. The third-order valence-corrected chi connectivity index (χ3v) is 9.90. The summed E-state index contributed by atoms with van der Waals surface area (Å²) in [5.41, 5.74) is 2.85. The summed E-state index contributed by atoms with van der Waals surface area (Å²) < 4.78 is 76.7. The van der Waals surface area contributed by atoms with E-state index in [-0.39, 0.29) is 22.2 Å². The van der Waals surface area contributed by atoms with Crippen molar-refractivity contribution < 1.29 is 35.6 Å². The molecule has 1 saturated heterocycles. The Bertz CT molecular complexity index is 1820. The molecule has 1 aliphatic rings. The molecule has 14 heteroatoms. The largest absolute Gasteiger partial charge is 0.496 e. The van der Waals surface area contributed by atoms with Crippen molar-refractivity contribution in [3.8, 4) is 28.4 Å². The van der Waals surface area contributed by atoms with Gasteiger partial charge in [-0.15, -0.1) is 0 Å². The number of benzene rings is 3. The molecular weight excluding hydrogens is 584 g/mol. The molecule has 0 unspecified atom stereocenters. The Balaban J connectivity index is 1.45. The highest BCUT2D eigenvalue weighted by atomic mass is 32.2. The zero-order valence-corrected chi connectivity index (χ0v) is 24.9. The van der Waals surface area contributed by atoms with Crippen molar-refractivity contribution in [2.45, 2.75) is 4.90 Å². The maximum Gasteiger partial charge on any atom is 0.270 e. The summed E-state index contributed by atoms with van der Waals surface area (Å²) in [6.45, 7) is 5.18. The van der Waals surface area contributed by atoms with Gasteiger partial charge in [0, 0.05) is 37.3 Å². The lowest BCUT2D eigenvalue weighted by Crippen LogP contribution is -2.48. The van der Waals surface area contributed by atoms with Crippen molar-refractivity contribution in [3.05, 3.63) is 66.6 Å². The second kappa shape index (κ2) is 11.5. The number of hydrogen-bond donors (Lipinski definition) is 1. The Hall–Kier alpha value is -4.27. The van der Waals surface area contributed by atoms with Crippen molar-refractivity contribution in [1.29, 1.82) is 0 Å². The molecule has 4 aromatic rings. The van der Waals surface area contributed by atoms with Gasteiger partial charge < -0.3 is 23.6 Å². The number of ether oxygens (including phenoxy) is 3. The van der Waals surface area contributed by atoms with Crippen LogP contribution in [-0.2, 0) is 20.0 Å². The van der Waals surface area contributed by atoms with E-state index >= 15 is 0 Å². The van der Waals surface area contributed by atoms with Crippen molar-refractivity contribution in [1.82, 2.24) is 9.46 Å². The molecular formula is C28H30N4O8S2. The highest BCUT2D eigenvalue weighted by Gasteiger charge is 2.28. The van der Waals surface area contributed by atoms with Crippen LogP contribution >= 0.6 is 0 Å². The quantitative estimate of drug-likeness (QED) is 0.280. The molecule has 42 heavy (non-hydrogen) atoms. The molecule has 0 aliphatic carbocycles. The van der Waals surface area contributed by atoms with E-state index in [0.29, 0.717) is 42.9 Å². The van der Waals surface area contributed by atoms with Crippen molar-refractivity contribution >= 4 is 42.5 Å². The minimum absolute atomic E-state index is 0.0533. The van der Waals surface area contributed by atoms with Gasteiger partial charge in [-0.25, -0.2) is 16.8 Å². The van der Waals surface area contributed by atoms with Gasteiger partial charge in [0.05, 0.1) is 21.3 Å². The van der Waals surface area contributed by atoms with Crippen LogP contribution < -0.4 is 23.8 Å². The van der Waals surface area contributed by atoms with E-state index in [1.165, 1.54) is 37.8 Å². The van der Waals surface area contributed by atoms with Crippen LogP contribution in [0.15, 0.2) is 76.0 Å². The van der Waals surface area contributed by atoms with Crippen molar-refractivity contribution in [2.75, 3.05) is 57.1 Å². The van der Waals surface area contributed by atoms with Crippen LogP contribution in [0.4, 0.5) is 11.5 Å². The minimum atomic E-state index is -4.21. The number of anilines is 2. The van der Waals surface area contributed by atoms with Gasteiger partial charge in [0.25, 0.3) is 10.0 Å². The van der Waals surface area contributed by atoms with Gasteiger partial charge in [0.15, 0.2) is 16.3 Å². The maximum atomic E-state index is 13.4. The summed E-state index contributed by atoms with van der Waals surface area (Å²) in [6.07, 6.45) is 0. The average Bonchev–Trinajstić information content (AvgIpc) is 3.42. The van der Waals surface area contributed by atoms with E-state index in [2.05, 4.69) is 21.4 Å². The summed E-state index contributed by atoms with van der Waals surface area (Å²) in [4.78, 5) is 1.93. The summed E-state index contributed by atoms with van der Waals surface area (Å²) >= 11 is 0. The molecule has 3 aromatic carbocycles. The van der Waals surface area contributed by atoms with E-state index in [0.717, 1.165) is 22.2 Å². The van der Waals surface area contributed by atoms with Gasteiger partial charge in [0.1, 0.15) is 22.6 Å². The number of fused-ring (bicyclic) bond motifs is 1. The molecule has 12 nitrogen and oxygen atoms in total. The molecule has 222 valence electrons. The fourth-order valence-corrected chi connectivity index (χ4v) is 7.09. The predicted octanol–water partition coefficient (Wildman–Crippen LogP) is 3.92. The molecule has 0 bridgehead atoms. The highest BCUT2D eigenvalue weighted by molar-refractivity contribution is 7.93. The second-order valence-corrected chi connectivity index (χ2v) is 12.8. The standard InChI is InChI=1S/C28H30N4O8S2/c1-5-41(33,34)32-14-12-31(13-15-32)21-9-6-8-19(16-21)20-17-24(39-4)26-25(18-20)40-29-28(26)30-42(35,36)27-22(37-2)10-7-11-23(27)38-3/h5-11,16-18H,1,12-15H2,2-4H3,(H,29,30). The van der Waals surface area contributed by atoms with Crippen molar-refractivity contribution in [3.63, 3.8) is 0 Å². The van der Waals surface area contributed by atoms with Crippen LogP contribution in [0.1, 0.15) is 0 Å². The summed E-state index contributed by atoms with van der Waals surface area (Å²) in [7, 11) is -3.46. The number of nitrogens with zero attached hydrogens (tertiary/aromatic N) is 3. The van der Waals surface area contributed by atoms with Crippen LogP contribution in [-0.4, -0.2) is 73.8 Å². The first-order valence-electron chi connectivity index (χ1n) is 12.8. The molecule has 0 spiro atoms. The van der Waals surface area contributed by atoms with Crippen molar-refractivity contribution in [2.24, 2.45) is 0 Å². The summed E-state index contributed by atoms with van der Waals surface area (Å²) in [6, 6.07) is 16.0. The Labute approximate surface area is 244 Å². The van der Waals surface area contributed by atoms with E-state index in [4.69, 9.17) is 18.7 Å². The first kappa shape index (κ1) is 29.2. The van der Waals surface area contributed by atoms with Gasteiger partial charge in [-0.2, -0.15) is 4.31 Å². The van der Waals surface area contributed by atoms with Crippen LogP contribution in [0, 0.1) is 0 Å². The number of rotatable bonds is 10. The number of piperazine rings is 1. The monoisotopic (exact) mass is 614 g/mol. The number of methoxy groups -OCH3 is 3. The Morgan fingerprint density at radius 1 is 0.857 bits per heavy atom. The Morgan fingerprint density at radius 3 is 2.12 bits per heavy atom. The van der Waals surface area contributed by atoms with Crippen LogP contribution in [0.5, 0.6) is 17.2 Å². The highest BCUT2D eigenvalue weighted by Crippen LogP contribution is 2.40. The topological polar surface area (TPSA) is 141 Å². The molecule has 0 saturated carbocycles. The second-order valence-electron chi connectivity index (χ2n) is 9.33. The average molecular weight is 615 g/mol. The Morgan fingerprint density at radius 2 is 1.50 bits per heavy atom. The Kier molecular flexibility index (Phi) is 8.03. The molecule has 0 amide bonds. The molecule has 0 atom stereocenters. The molecule has 1 aromatic heterocycles. The van der Waals surface area contributed by atoms with Gasteiger partial charge in [-0.1, -0.05) is 29.9 Å². The van der Waals surface area contributed by atoms with E-state index in [1.54, 1.807) is 18.2 Å². The van der Waals surface area contributed by atoms with E-state index in [1.807, 2.05) is 24.3 Å². The number of hydrogen-bond acceptors (Lipinski definition) is 10. The van der Waals surface area contributed by atoms with Gasteiger partial charge in [0.2, 0.25) is 10.0 Å². The minimum Gasteiger partial charge on any atom is -0.496 e. The zero-order chi connectivity index (χ0) is 30.1. The molecule has 0 radical (unpaired) electrons. The van der Waals surface area contributed by atoms with Gasteiger partial charge in [-0.05, 0) is 47.5 Å². The number of nitrogens with one attached hydrogen (secondary N) is 1.